The highest BCUT2D eigenvalue weighted by Gasteiger charge is 2.31. The Kier molecular flexibility index (Phi) is 4.19. The molecule has 2 N–H and O–H groups in total. The lowest BCUT2D eigenvalue weighted by Crippen LogP contribution is -2.52. The smallest absolute Gasteiger partial charge is 0.0243 e. The maximum absolute atomic E-state index is 3.63. The van der Waals surface area contributed by atoms with Gasteiger partial charge in [0.25, 0.3) is 0 Å². The van der Waals surface area contributed by atoms with Crippen molar-refractivity contribution in [3.8, 4) is 0 Å². The predicted octanol–water partition coefficient (Wildman–Crippen LogP) is 2.40. The van der Waals surface area contributed by atoms with E-state index in [0.717, 1.165) is 13.1 Å². The molecule has 0 aliphatic carbocycles. The third-order valence-corrected chi connectivity index (χ3v) is 3.34. The molecule has 0 saturated carbocycles. The van der Waals surface area contributed by atoms with Crippen LogP contribution < -0.4 is 10.6 Å². The molecule has 0 aromatic heterocycles. The first-order valence-corrected chi connectivity index (χ1v) is 6.25. The summed E-state index contributed by atoms with van der Waals surface area (Å²) in [5, 5.41) is 7.22. The normalized spacial score (nSPS) is 26.6. The molecule has 1 heterocycles. The summed E-state index contributed by atoms with van der Waals surface area (Å²) in [6.45, 7) is 15.0. The summed E-state index contributed by atoms with van der Waals surface area (Å²) in [6, 6.07) is 0.633. The van der Waals surface area contributed by atoms with Crippen LogP contribution in [0.5, 0.6) is 0 Å². The topological polar surface area (TPSA) is 24.1 Å². The molecule has 1 aliphatic rings. The minimum absolute atomic E-state index is 0.388. The Bertz CT molecular complexity index is 191. The van der Waals surface area contributed by atoms with E-state index in [9.17, 15) is 0 Å². The average molecular weight is 212 g/mol. The summed E-state index contributed by atoms with van der Waals surface area (Å²) >= 11 is 0. The lowest BCUT2D eigenvalue weighted by atomic mass is 9.77. The average Bonchev–Trinajstić information content (AvgIpc) is 2.05. The number of nitrogens with one attached hydrogen (secondary N) is 2. The van der Waals surface area contributed by atoms with Crippen LogP contribution in [-0.4, -0.2) is 25.7 Å². The minimum Gasteiger partial charge on any atom is -0.315 e. The number of piperidine rings is 1. The van der Waals surface area contributed by atoms with E-state index in [-0.39, 0.29) is 0 Å². The van der Waals surface area contributed by atoms with Gasteiger partial charge in [-0.2, -0.15) is 0 Å². The Hall–Kier alpha value is -0.0800. The fourth-order valence-corrected chi connectivity index (χ4v) is 2.21. The van der Waals surface area contributed by atoms with Crippen LogP contribution in [0, 0.1) is 10.8 Å². The molecule has 1 fully saturated rings. The summed E-state index contributed by atoms with van der Waals surface area (Å²) in [5.41, 5.74) is 0.835. The summed E-state index contributed by atoms with van der Waals surface area (Å²) in [4.78, 5) is 0. The van der Waals surface area contributed by atoms with E-state index in [2.05, 4.69) is 45.3 Å². The predicted molar refractivity (Wildman–Crippen MR) is 67.1 cm³/mol. The van der Waals surface area contributed by atoms with Gasteiger partial charge in [0.15, 0.2) is 0 Å². The SMILES string of the molecule is CC(C)(C)CNCC1NCCCC1(C)C. The van der Waals surface area contributed by atoms with Crippen molar-refractivity contribution >= 4 is 0 Å². The van der Waals surface area contributed by atoms with Gasteiger partial charge in [-0.1, -0.05) is 34.6 Å². The molecular formula is C13H28N2. The van der Waals surface area contributed by atoms with Crippen molar-refractivity contribution in [1.82, 2.24) is 10.6 Å². The lowest BCUT2D eigenvalue weighted by molar-refractivity contribution is 0.172. The Balaban J connectivity index is 2.31. The molecule has 0 radical (unpaired) electrons. The van der Waals surface area contributed by atoms with Crippen molar-refractivity contribution in [2.24, 2.45) is 10.8 Å². The lowest BCUT2D eigenvalue weighted by Gasteiger charge is -2.40. The Morgan fingerprint density at radius 1 is 1.33 bits per heavy atom. The molecule has 0 amide bonds. The number of rotatable bonds is 3. The van der Waals surface area contributed by atoms with Gasteiger partial charge < -0.3 is 10.6 Å². The quantitative estimate of drug-likeness (QED) is 0.750. The third-order valence-electron chi connectivity index (χ3n) is 3.34. The zero-order chi connectivity index (χ0) is 11.5. The fraction of sp³-hybridized carbons (Fsp3) is 1.00. The molecule has 2 nitrogen and oxygen atoms in total. The summed E-state index contributed by atoms with van der Waals surface area (Å²) < 4.78 is 0. The van der Waals surface area contributed by atoms with E-state index < -0.39 is 0 Å². The highest BCUT2D eigenvalue weighted by Crippen LogP contribution is 2.29. The van der Waals surface area contributed by atoms with E-state index in [1.165, 1.54) is 19.4 Å². The maximum Gasteiger partial charge on any atom is 0.0243 e. The zero-order valence-electron chi connectivity index (χ0n) is 11.1. The van der Waals surface area contributed by atoms with E-state index in [1.807, 2.05) is 0 Å². The Labute approximate surface area is 95.2 Å². The van der Waals surface area contributed by atoms with Gasteiger partial charge in [-0.25, -0.2) is 0 Å². The Morgan fingerprint density at radius 2 is 2.00 bits per heavy atom. The zero-order valence-corrected chi connectivity index (χ0v) is 11.1. The number of hydrogen-bond donors (Lipinski definition) is 2. The monoisotopic (exact) mass is 212 g/mol. The van der Waals surface area contributed by atoms with Gasteiger partial charge in [-0.15, -0.1) is 0 Å². The van der Waals surface area contributed by atoms with E-state index in [4.69, 9.17) is 0 Å². The molecule has 1 unspecified atom stereocenters. The number of hydrogen-bond acceptors (Lipinski definition) is 2. The molecule has 1 rings (SSSR count). The van der Waals surface area contributed by atoms with Crippen LogP contribution >= 0.6 is 0 Å². The fourth-order valence-electron chi connectivity index (χ4n) is 2.21. The van der Waals surface area contributed by atoms with E-state index in [0.29, 0.717) is 16.9 Å². The minimum atomic E-state index is 0.388. The third kappa shape index (κ3) is 4.52. The van der Waals surface area contributed by atoms with Gasteiger partial charge in [-0.05, 0) is 30.2 Å². The summed E-state index contributed by atoms with van der Waals surface area (Å²) in [7, 11) is 0. The van der Waals surface area contributed by atoms with Crippen molar-refractivity contribution in [2.75, 3.05) is 19.6 Å². The highest BCUT2D eigenvalue weighted by atomic mass is 15.0. The molecular weight excluding hydrogens is 184 g/mol. The molecule has 2 heteroatoms. The van der Waals surface area contributed by atoms with Crippen molar-refractivity contribution in [2.45, 2.75) is 53.5 Å². The van der Waals surface area contributed by atoms with Crippen LogP contribution in [0.25, 0.3) is 0 Å². The largest absolute Gasteiger partial charge is 0.315 e. The first-order valence-electron chi connectivity index (χ1n) is 6.25. The second kappa shape index (κ2) is 4.84. The Morgan fingerprint density at radius 3 is 2.53 bits per heavy atom. The molecule has 1 aliphatic heterocycles. The van der Waals surface area contributed by atoms with Crippen molar-refractivity contribution in [1.29, 1.82) is 0 Å². The van der Waals surface area contributed by atoms with Crippen LogP contribution in [0.1, 0.15) is 47.5 Å². The van der Waals surface area contributed by atoms with Crippen LogP contribution in [0.3, 0.4) is 0 Å². The van der Waals surface area contributed by atoms with Gasteiger partial charge in [-0.3, -0.25) is 0 Å². The van der Waals surface area contributed by atoms with Crippen LogP contribution in [0.2, 0.25) is 0 Å². The summed E-state index contributed by atoms with van der Waals surface area (Å²) in [5.74, 6) is 0. The van der Waals surface area contributed by atoms with Crippen LogP contribution in [0.15, 0.2) is 0 Å². The first-order chi connectivity index (χ1) is 6.81. The molecule has 0 spiro atoms. The van der Waals surface area contributed by atoms with Gasteiger partial charge in [0, 0.05) is 19.1 Å². The van der Waals surface area contributed by atoms with E-state index >= 15 is 0 Å². The first kappa shape index (κ1) is 13.0. The second-order valence-electron chi connectivity index (χ2n) is 6.79. The molecule has 90 valence electrons. The standard InChI is InChI=1S/C13H28N2/c1-12(2,3)10-14-9-11-13(4,5)7-6-8-15-11/h11,14-15H,6-10H2,1-5H3. The van der Waals surface area contributed by atoms with Gasteiger partial charge in [0.1, 0.15) is 0 Å². The summed E-state index contributed by atoms with van der Waals surface area (Å²) in [6.07, 6.45) is 2.67. The van der Waals surface area contributed by atoms with E-state index in [1.54, 1.807) is 0 Å². The molecule has 0 bridgehead atoms. The van der Waals surface area contributed by atoms with Crippen LogP contribution in [0.4, 0.5) is 0 Å². The van der Waals surface area contributed by atoms with Gasteiger partial charge >= 0.3 is 0 Å². The van der Waals surface area contributed by atoms with Crippen LogP contribution in [-0.2, 0) is 0 Å². The second-order valence-corrected chi connectivity index (χ2v) is 6.79. The maximum atomic E-state index is 3.63. The van der Waals surface area contributed by atoms with Gasteiger partial charge in [0.2, 0.25) is 0 Å². The molecule has 1 saturated heterocycles. The van der Waals surface area contributed by atoms with Crippen molar-refractivity contribution < 1.29 is 0 Å². The van der Waals surface area contributed by atoms with Gasteiger partial charge in [0.05, 0.1) is 0 Å². The van der Waals surface area contributed by atoms with Crippen molar-refractivity contribution in [3.05, 3.63) is 0 Å². The highest BCUT2D eigenvalue weighted by molar-refractivity contribution is 4.89. The molecule has 0 aromatic carbocycles. The molecule has 0 aromatic rings. The van der Waals surface area contributed by atoms with Crippen molar-refractivity contribution in [3.63, 3.8) is 0 Å². The molecule has 15 heavy (non-hydrogen) atoms. The molecule has 1 atom stereocenters.